The molecular weight excluding hydrogens is 262 g/mol. The average molecular weight is 279 g/mol. The molecule has 0 bridgehead atoms. The zero-order valence-corrected chi connectivity index (χ0v) is 11.4. The van der Waals surface area contributed by atoms with E-state index in [1.54, 1.807) is 26.0 Å². The molecule has 0 aliphatic carbocycles. The summed E-state index contributed by atoms with van der Waals surface area (Å²) in [5.41, 5.74) is 8.06. The van der Waals surface area contributed by atoms with E-state index in [2.05, 4.69) is 10.0 Å². The molecule has 0 atom stereocenters. The zero-order chi connectivity index (χ0) is 15.2. The van der Waals surface area contributed by atoms with Crippen LogP contribution in [0.5, 0.6) is 5.75 Å². The SMILES string of the molecule is CC(C)(CN=[N+]=[N-])OC(=O)N(N)Cc1ccc(O)cc1. The van der Waals surface area contributed by atoms with Crippen LogP contribution >= 0.6 is 0 Å². The third-order valence-electron chi connectivity index (χ3n) is 2.40. The maximum atomic E-state index is 11.8. The predicted molar refractivity (Wildman–Crippen MR) is 72.4 cm³/mol. The third-order valence-corrected chi connectivity index (χ3v) is 2.40. The van der Waals surface area contributed by atoms with Crippen LogP contribution in [0.2, 0.25) is 0 Å². The highest BCUT2D eigenvalue weighted by atomic mass is 16.6. The molecule has 0 spiro atoms. The number of hydrogen-bond acceptors (Lipinski definition) is 5. The van der Waals surface area contributed by atoms with E-state index >= 15 is 0 Å². The van der Waals surface area contributed by atoms with Gasteiger partial charge in [0.25, 0.3) is 0 Å². The molecule has 0 aliphatic heterocycles. The van der Waals surface area contributed by atoms with Crippen LogP contribution in [0.1, 0.15) is 19.4 Å². The fourth-order valence-corrected chi connectivity index (χ4v) is 1.39. The Bertz CT molecular complexity index is 508. The number of aromatic hydroxyl groups is 1. The molecule has 1 amide bonds. The lowest BCUT2D eigenvalue weighted by molar-refractivity contribution is 0.0173. The summed E-state index contributed by atoms with van der Waals surface area (Å²) >= 11 is 0. The van der Waals surface area contributed by atoms with Crippen LogP contribution in [0.4, 0.5) is 4.79 Å². The van der Waals surface area contributed by atoms with Crippen LogP contribution in [-0.2, 0) is 11.3 Å². The number of ether oxygens (including phenoxy) is 1. The Balaban J connectivity index is 2.58. The van der Waals surface area contributed by atoms with Crippen molar-refractivity contribution in [2.45, 2.75) is 26.0 Å². The number of phenolic OH excluding ortho intramolecular Hbond substituents is 1. The van der Waals surface area contributed by atoms with Gasteiger partial charge in [-0.2, -0.15) is 0 Å². The Labute approximate surface area is 116 Å². The highest BCUT2D eigenvalue weighted by Gasteiger charge is 2.24. The standard InChI is InChI=1S/C12H17N5O3/c1-12(2,8-15-16-13)20-11(19)17(14)7-9-3-5-10(18)6-4-9/h3-6,18H,7-8,14H2,1-2H3. The first-order chi connectivity index (χ1) is 9.34. The van der Waals surface area contributed by atoms with E-state index in [4.69, 9.17) is 21.2 Å². The molecule has 8 heteroatoms. The van der Waals surface area contributed by atoms with Crippen LogP contribution in [0.25, 0.3) is 10.4 Å². The smallest absolute Gasteiger partial charge is 0.424 e. The minimum atomic E-state index is -0.935. The number of hydrazine groups is 1. The molecule has 0 heterocycles. The molecule has 0 radical (unpaired) electrons. The van der Waals surface area contributed by atoms with Gasteiger partial charge in [-0.3, -0.25) is 0 Å². The number of amides is 1. The minimum absolute atomic E-state index is 0.0162. The van der Waals surface area contributed by atoms with E-state index in [9.17, 15) is 4.79 Å². The molecule has 1 rings (SSSR count). The number of rotatable bonds is 5. The maximum absolute atomic E-state index is 11.8. The largest absolute Gasteiger partial charge is 0.508 e. The fraction of sp³-hybridized carbons (Fsp3) is 0.417. The van der Waals surface area contributed by atoms with E-state index in [1.807, 2.05) is 0 Å². The van der Waals surface area contributed by atoms with Gasteiger partial charge in [-0.05, 0) is 37.1 Å². The van der Waals surface area contributed by atoms with Crippen molar-refractivity contribution < 1.29 is 14.6 Å². The van der Waals surface area contributed by atoms with Crippen LogP contribution < -0.4 is 5.84 Å². The average Bonchev–Trinajstić information content (AvgIpc) is 2.38. The molecule has 3 N–H and O–H groups in total. The lowest BCUT2D eigenvalue weighted by Crippen LogP contribution is -2.42. The molecule has 0 aliphatic rings. The summed E-state index contributed by atoms with van der Waals surface area (Å²) in [7, 11) is 0. The van der Waals surface area contributed by atoms with Gasteiger partial charge in [-0.25, -0.2) is 15.6 Å². The molecule has 0 aromatic heterocycles. The number of carbonyl (C=O) groups is 1. The predicted octanol–water partition coefficient (Wildman–Crippen LogP) is 2.29. The Morgan fingerprint density at radius 3 is 2.65 bits per heavy atom. The normalized spacial score (nSPS) is 10.6. The molecule has 1 aromatic carbocycles. The number of phenols is 1. The van der Waals surface area contributed by atoms with Gasteiger partial charge in [0, 0.05) is 4.91 Å². The third kappa shape index (κ3) is 5.05. The summed E-state index contributed by atoms with van der Waals surface area (Å²) in [6.45, 7) is 3.39. The monoisotopic (exact) mass is 279 g/mol. The van der Waals surface area contributed by atoms with E-state index in [0.29, 0.717) is 0 Å². The number of carbonyl (C=O) groups excluding carboxylic acids is 1. The first-order valence-electron chi connectivity index (χ1n) is 5.88. The summed E-state index contributed by atoms with van der Waals surface area (Å²) in [6.07, 6.45) is -0.726. The van der Waals surface area contributed by atoms with Crippen LogP contribution in [-0.4, -0.2) is 28.4 Å². The number of nitrogens with zero attached hydrogens (tertiary/aromatic N) is 4. The van der Waals surface area contributed by atoms with Crippen molar-refractivity contribution in [3.63, 3.8) is 0 Å². The van der Waals surface area contributed by atoms with Gasteiger partial charge in [0.15, 0.2) is 0 Å². The van der Waals surface area contributed by atoms with E-state index in [1.165, 1.54) is 12.1 Å². The summed E-state index contributed by atoms with van der Waals surface area (Å²) in [4.78, 5) is 14.4. The molecule has 1 aromatic rings. The zero-order valence-electron chi connectivity index (χ0n) is 11.4. The van der Waals surface area contributed by atoms with Crippen molar-refractivity contribution in [1.82, 2.24) is 5.01 Å². The molecule has 0 unspecified atom stereocenters. The van der Waals surface area contributed by atoms with E-state index in [-0.39, 0.29) is 18.8 Å². The number of hydrogen-bond donors (Lipinski definition) is 2. The first-order valence-corrected chi connectivity index (χ1v) is 5.88. The quantitative estimate of drug-likeness (QED) is 0.214. The molecule has 20 heavy (non-hydrogen) atoms. The van der Waals surface area contributed by atoms with Gasteiger partial charge in [0.2, 0.25) is 0 Å². The topological polar surface area (TPSA) is 125 Å². The Hall–Kier alpha value is -2.44. The van der Waals surface area contributed by atoms with Crippen molar-refractivity contribution in [2.24, 2.45) is 11.0 Å². The van der Waals surface area contributed by atoms with Gasteiger partial charge < -0.3 is 9.84 Å². The minimum Gasteiger partial charge on any atom is -0.508 e. The van der Waals surface area contributed by atoms with Gasteiger partial charge in [0.05, 0.1) is 13.1 Å². The van der Waals surface area contributed by atoms with Gasteiger partial charge in [-0.1, -0.05) is 17.2 Å². The number of benzene rings is 1. The van der Waals surface area contributed by atoms with Crippen molar-refractivity contribution in [1.29, 1.82) is 0 Å². The molecule has 108 valence electrons. The molecule has 0 saturated heterocycles. The van der Waals surface area contributed by atoms with Crippen molar-refractivity contribution in [3.8, 4) is 5.75 Å². The fourth-order valence-electron chi connectivity index (χ4n) is 1.39. The van der Waals surface area contributed by atoms with E-state index < -0.39 is 11.7 Å². The van der Waals surface area contributed by atoms with Crippen molar-refractivity contribution >= 4 is 6.09 Å². The Morgan fingerprint density at radius 2 is 2.10 bits per heavy atom. The molecular formula is C12H17N5O3. The molecule has 0 fully saturated rings. The van der Waals surface area contributed by atoms with Crippen molar-refractivity contribution in [2.75, 3.05) is 6.54 Å². The maximum Gasteiger partial charge on any atom is 0.424 e. The highest BCUT2D eigenvalue weighted by Crippen LogP contribution is 2.14. The lowest BCUT2D eigenvalue weighted by Gasteiger charge is -2.26. The van der Waals surface area contributed by atoms with Crippen molar-refractivity contribution in [3.05, 3.63) is 40.3 Å². The number of azide groups is 1. The van der Waals surface area contributed by atoms with E-state index in [0.717, 1.165) is 10.6 Å². The summed E-state index contributed by atoms with van der Waals surface area (Å²) in [5.74, 6) is 5.75. The Kier molecular flexibility index (Phi) is 5.19. The first kappa shape index (κ1) is 15.6. The summed E-state index contributed by atoms with van der Waals surface area (Å²) < 4.78 is 5.15. The molecule has 8 nitrogen and oxygen atoms in total. The Morgan fingerprint density at radius 1 is 1.50 bits per heavy atom. The van der Waals surface area contributed by atoms with Gasteiger partial charge in [-0.15, -0.1) is 0 Å². The summed E-state index contributed by atoms with van der Waals surface area (Å²) in [5, 5.41) is 13.4. The second-order valence-electron chi connectivity index (χ2n) is 4.81. The molecule has 0 saturated carbocycles. The second-order valence-corrected chi connectivity index (χ2v) is 4.81. The second kappa shape index (κ2) is 6.65. The lowest BCUT2D eigenvalue weighted by atomic mass is 10.1. The van der Waals surface area contributed by atoms with Crippen LogP contribution in [0.3, 0.4) is 0 Å². The van der Waals surface area contributed by atoms with Crippen LogP contribution in [0.15, 0.2) is 29.4 Å². The van der Waals surface area contributed by atoms with Crippen LogP contribution in [0, 0.1) is 0 Å². The highest BCUT2D eigenvalue weighted by molar-refractivity contribution is 5.67. The summed E-state index contributed by atoms with van der Waals surface area (Å²) in [6, 6.07) is 6.29. The van der Waals surface area contributed by atoms with Gasteiger partial charge in [0.1, 0.15) is 11.4 Å². The number of nitrogens with two attached hydrogens (primary N) is 1. The van der Waals surface area contributed by atoms with Gasteiger partial charge >= 0.3 is 6.09 Å².